The molecule has 0 aliphatic heterocycles. The molecule has 0 saturated heterocycles. The molecule has 1 amide bonds. The number of nitrogens with one attached hydrogen (secondary N) is 2. The van der Waals surface area contributed by atoms with Crippen LogP contribution >= 0.6 is 0 Å². The molecular weight excluding hydrogens is 235 g/mol. The van der Waals surface area contributed by atoms with Gasteiger partial charge in [0.1, 0.15) is 11.5 Å². The van der Waals surface area contributed by atoms with Crippen LogP contribution in [0.5, 0.6) is 0 Å². The number of H-pyrrole nitrogens is 1. The molecule has 1 aromatic carbocycles. The first-order chi connectivity index (χ1) is 8.66. The van der Waals surface area contributed by atoms with Gasteiger partial charge >= 0.3 is 0 Å². The van der Waals surface area contributed by atoms with Gasteiger partial charge in [0.25, 0.3) is 5.56 Å². The zero-order chi connectivity index (χ0) is 13.0. The highest BCUT2D eigenvalue weighted by molar-refractivity contribution is 5.92. The van der Waals surface area contributed by atoms with E-state index in [1.807, 2.05) is 0 Å². The number of halogens is 1. The predicted octanol–water partition coefficient (Wildman–Crippen LogP) is 1.70. The average Bonchev–Trinajstić information content (AvgIpc) is 2.35. The molecule has 2 N–H and O–H groups in total. The standard InChI is InChI=1S/C13H11FN2O2/c14-10-5-2-1-4-9(10)8-12(17)16-11-6-3-7-15-13(11)18/h1-7H,8H2,(H,15,18)(H,16,17). The summed E-state index contributed by atoms with van der Waals surface area (Å²) in [5.41, 5.74) is 0.0561. The summed E-state index contributed by atoms with van der Waals surface area (Å²) in [5.74, 6) is -0.869. The summed E-state index contributed by atoms with van der Waals surface area (Å²) in [6.07, 6.45) is 1.36. The Balaban J connectivity index is 2.09. The van der Waals surface area contributed by atoms with Crippen molar-refractivity contribution < 1.29 is 9.18 Å². The second-order valence-corrected chi connectivity index (χ2v) is 3.73. The highest BCUT2D eigenvalue weighted by Crippen LogP contribution is 2.08. The van der Waals surface area contributed by atoms with Crippen molar-refractivity contribution in [3.05, 3.63) is 64.3 Å². The van der Waals surface area contributed by atoms with Crippen LogP contribution in [0.1, 0.15) is 5.56 Å². The Morgan fingerprint density at radius 2 is 2.00 bits per heavy atom. The van der Waals surface area contributed by atoms with Crippen LogP contribution in [0, 0.1) is 5.82 Å². The minimum absolute atomic E-state index is 0.110. The van der Waals surface area contributed by atoms with E-state index in [9.17, 15) is 14.0 Å². The molecule has 0 saturated carbocycles. The van der Waals surface area contributed by atoms with E-state index >= 15 is 0 Å². The van der Waals surface area contributed by atoms with Crippen LogP contribution in [-0.2, 0) is 11.2 Å². The lowest BCUT2D eigenvalue weighted by Gasteiger charge is -2.04. The number of aromatic nitrogens is 1. The number of hydrogen-bond acceptors (Lipinski definition) is 2. The number of anilines is 1. The molecule has 5 heteroatoms. The number of amides is 1. The fourth-order valence-electron chi connectivity index (χ4n) is 1.53. The lowest BCUT2D eigenvalue weighted by molar-refractivity contribution is -0.115. The highest BCUT2D eigenvalue weighted by atomic mass is 19.1. The maximum Gasteiger partial charge on any atom is 0.271 e. The summed E-state index contributed by atoms with van der Waals surface area (Å²) in [7, 11) is 0. The number of aromatic amines is 1. The molecule has 2 aromatic rings. The van der Waals surface area contributed by atoms with Crippen molar-refractivity contribution in [1.29, 1.82) is 0 Å². The second kappa shape index (κ2) is 5.27. The van der Waals surface area contributed by atoms with Gasteiger partial charge in [-0.25, -0.2) is 4.39 Å². The summed E-state index contributed by atoms with van der Waals surface area (Å²) in [6, 6.07) is 9.11. The van der Waals surface area contributed by atoms with E-state index in [0.29, 0.717) is 5.56 Å². The van der Waals surface area contributed by atoms with Gasteiger partial charge < -0.3 is 10.3 Å². The van der Waals surface area contributed by atoms with Crippen LogP contribution in [-0.4, -0.2) is 10.9 Å². The third-order valence-electron chi connectivity index (χ3n) is 2.40. The molecule has 1 aromatic heterocycles. The first kappa shape index (κ1) is 12.0. The maximum absolute atomic E-state index is 13.3. The summed E-state index contributed by atoms with van der Waals surface area (Å²) in [4.78, 5) is 25.4. The summed E-state index contributed by atoms with van der Waals surface area (Å²) in [5, 5.41) is 2.44. The van der Waals surface area contributed by atoms with Crippen molar-refractivity contribution in [2.75, 3.05) is 5.32 Å². The summed E-state index contributed by atoms with van der Waals surface area (Å²) >= 11 is 0. The van der Waals surface area contributed by atoms with Crippen LogP contribution in [0.15, 0.2) is 47.4 Å². The Morgan fingerprint density at radius 3 is 2.72 bits per heavy atom. The van der Waals surface area contributed by atoms with Crippen molar-refractivity contribution in [3.63, 3.8) is 0 Å². The molecule has 0 spiro atoms. The van der Waals surface area contributed by atoms with Crippen LogP contribution in [0.2, 0.25) is 0 Å². The van der Waals surface area contributed by atoms with Gasteiger partial charge in [0.05, 0.1) is 6.42 Å². The molecule has 18 heavy (non-hydrogen) atoms. The minimum Gasteiger partial charge on any atom is -0.327 e. The number of hydrogen-bond donors (Lipinski definition) is 2. The van der Waals surface area contributed by atoms with E-state index in [4.69, 9.17) is 0 Å². The van der Waals surface area contributed by atoms with E-state index in [-0.39, 0.29) is 17.7 Å². The Hall–Kier alpha value is -2.43. The highest BCUT2D eigenvalue weighted by Gasteiger charge is 2.09. The maximum atomic E-state index is 13.3. The quantitative estimate of drug-likeness (QED) is 0.865. The van der Waals surface area contributed by atoms with Gasteiger partial charge in [-0.1, -0.05) is 18.2 Å². The largest absolute Gasteiger partial charge is 0.327 e. The van der Waals surface area contributed by atoms with Crippen molar-refractivity contribution >= 4 is 11.6 Å². The van der Waals surface area contributed by atoms with E-state index in [1.54, 1.807) is 18.2 Å². The van der Waals surface area contributed by atoms with Crippen molar-refractivity contribution in [2.45, 2.75) is 6.42 Å². The number of pyridine rings is 1. The topological polar surface area (TPSA) is 62.0 Å². The zero-order valence-electron chi connectivity index (χ0n) is 9.44. The molecule has 0 aliphatic carbocycles. The zero-order valence-corrected chi connectivity index (χ0v) is 9.44. The first-order valence-electron chi connectivity index (χ1n) is 5.38. The Bertz CT molecular complexity index is 622. The smallest absolute Gasteiger partial charge is 0.271 e. The SMILES string of the molecule is O=C(Cc1ccccc1F)Nc1ccc[nH]c1=O. The minimum atomic E-state index is -0.436. The third-order valence-corrected chi connectivity index (χ3v) is 2.40. The van der Waals surface area contributed by atoms with Crippen LogP contribution in [0.25, 0.3) is 0 Å². The fourth-order valence-corrected chi connectivity index (χ4v) is 1.53. The lowest BCUT2D eigenvalue weighted by atomic mass is 10.1. The monoisotopic (exact) mass is 246 g/mol. The van der Waals surface area contributed by atoms with Gasteiger partial charge in [0.15, 0.2) is 0 Å². The Labute approximate surface area is 102 Å². The van der Waals surface area contributed by atoms with Gasteiger partial charge in [-0.3, -0.25) is 9.59 Å². The van der Waals surface area contributed by atoms with E-state index in [1.165, 1.54) is 24.4 Å². The van der Waals surface area contributed by atoms with E-state index < -0.39 is 11.7 Å². The molecule has 0 radical (unpaired) electrons. The molecule has 2 rings (SSSR count). The van der Waals surface area contributed by atoms with E-state index in [2.05, 4.69) is 10.3 Å². The molecule has 0 fully saturated rings. The van der Waals surface area contributed by atoms with Crippen molar-refractivity contribution in [3.8, 4) is 0 Å². The number of carbonyl (C=O) groups excluding carboxylic acids is 1. The fraction of sp³-hybridized carbons (Fsp3) is 0.0769. The molecule has 0 aliphatic rings. The van der Waals surface area contributed by atoms with Gasteiger partial charge in [-0.05, 0) is 23.8 Å². The van der Waals surface area contributed by atoms with Crippen LogP contribution in [0.3, 0.4) is 0 Å². The number of benzene rings is 1. The lowest BCUT2D eigenvalue weighted by Crippen LogP contribution is -2.21. The van der Waals surface area contributed by atoms with E-state index in [0.717, 1.165) is 0 Å². The normalized spacial score (nSPS) is 10.1. The van der Waals surface area contributed by atoms with Gasteiger partial charge in [-0.15, -0.1) is 0 Å². The van der Waals surface area contributed by atoms with Crippen molar-refractivity contribution in [1.82, 2.24) is 4.98 Å². The molecule has 4 nitrogen and oxygen atoms in total. The summed E-state index contributed by atoms with van der Waals surface area (Å²) < 4.78 is 13.3. The van der Waals surface area contributed by atoms with Crippen molar-refractivity contribution in [2.24, 2.45) is 0 Å². The number of carbonyl (C=O) groups is 1. The molecule has 1 heterocycles. The summed E-state index contributed by atoms with van der Waals surface area (Å²) in [6.45, 7) is 0. The Morgan fingerprint density at radius 1 is 1.22 bits per heavy atom. The molecule has 0 atom stereocenters. The second-order valence-electron chi connectivity index (χ2n) is 3.73. The predicted molar refractivity (Wildman–Crippen MR) is 65.8 cm³/mol. The molecule has 0 bridgehead atoms. The number of rotatable bonds is 3. The average molecular weight is 246 g/mol. The molecule has 0 unspecified atom stereocenters. The van der Waals surface area contributed by atoms with Crippen LogP contribution < -0.4 is 10.9 Å². The van der Waals surface area contributed by atoms with Gasteiger partial charge in [-0.2, -0.15) is 0 Å². The van der Waals surface area contributed by atoms with Gasteiger partial charge in [0, 0.05) is 6.20 Å². The third kappa shape index (κ3) is 2.82. The molecular formula is C13H11FN2O2. The van der Waals surface area contributed by atoms with Crippen LogP contribution in [0.4, 0.5) is 10.1 Å². The molecule has 92 valence electrons. The van der Waals surface area contributed by atoms with Gasteiger partial charge in [0.2, 0.25) is 5.91 Å². The first-order valence-corrected chi connectivity index (χ1v) is 5.38. The Kier molecular flexibility index (Phi) is 3.52.